The summed E-state index contributed by atoms with van der Waals surface area (Å²) >= 11 is 12.3. The molecule has 0 bridgehead atoms. The molecule has 0 unspecified atom stereocenters. The number of carbonyl (C=O) groups excluding carboxylic acids is 5. The molecule has 4 fully saturated rings. The first-order valence-corrected chi connectivity index (χ1v) is 32.6. The number of hydrogen-bond acceptors (Lipinski definition) is 22. The van der Waals surface area contributed by atoms with Crippen molar-refractivity contribution < 1.29 is 105 Å². The van der Waals surface area contributed by atoms with Crippen molar-refractivity contribution in [2.24, 2.45) is 0 Å². The van der Waals surface area contributed by atoms with Crippen LogP contribution in [0.2, 0.25) is 0 Å². The van der Waals surface area contributed by atoms with Crippen molar-refractivity contribution in [1.82, 2.24) is 0 Å². The summed E-state index contributed by atoms with van der Waals surface area (Å²) < 4.78 is 103. The van der Waals surface area contributed by atoms with Gasteiger partial charge in [0.2, 0.25) is 0 Å². The largest absolute Gasteiger partial charge is 0.453 e. The zero-order valence-electron chi connectivity index (χ0n) is 52.3. The summed E-state index contributed by atoms with van der Waals surface area (Å²) in [7, 11) is 0. The number of carbonyl (C=O) groups is 5. The van der Waals surface area contributed by atoms with Crippen LogP contribution in [0.1, 0.15) is 53.3 Å². The standard InChI is InChI=1S/C73H72Cl2O22/c74-36-57(76)92-64-59(84-40-48-26-12-3-13-27-48)53(42-82-38-46-22-8-1-9-23-46)89-71(64)87-45-56-62(97-73-65(93-58(77)37-75)60(85-41-49-28-14-4-15-29-49)54(91-73)43-83-39-47-24-10-2-11-25-47)66(96-69(80)52-34-20-7-21-35-52)72(90-56)86-44-55-61(94-67(78)50-30-16-5-17-31-50)63(70(81)88-55)95-68(79)51-32-18-6-19-33-51/h1-35,53-56,59-66,70-73,81H,36-45H2/t53-,54-,55-,56-,59-,60-,61-,62-,63+,64+,65+,66+,70+,71+,72+,73-/m1/s1. The highest BCUT2D eigenvalue weighted by atomic mass is 35.5. The summed E-state index contributed by atoms with van der Waals surface area (Å²) in [5, 5.41) is 11.6. The van der Waals surface area contributed by atoms with Gasteiger partial charge in [0.15, 0.2) is 55.7 Å². The number of benzene rings is 7. The molecule has 97 heavy (non-hydrogen) atoms. The summed E-state index contributed by atoms with van der Waals surface area (Å²) in [6.07, 6.45) is -22.6. The molecule has 0 aliphatic carbocycles. The van der Waals surface area contributed by atoms with Gasteiger partial charge in [0, 0.05) is 0 Å². The van der Waals surface area contributed by atoms with Crippen LogP contribution in [0.5, 0.6) is 0 Å². The molecule has 1 N–H and O–H groups in total. The van der Waals surface area contributed by atoms with E-state index in [-0.39, 0.29) is 56.3 Å². The second-order valence-electron chi connectivity index (χ2n) is 22.9. The van der Waals surface area contributed by atoms with Gasteiger partial charge in [-0.2, -0.15) is 0 Å². The molecule has 4 saturated heterocycles. The molecule has 4 aliphatic heterocycles. The van der Waals surface area contributed by atoms with Crippen molar-refractivity contribution >= 4 is 53.0 Å². The molecule has 16 atom stereocenters. The topological polar surface area (TPSA) is 253 Å². The summed E-state index contributed by atoms with van der Waals surface area (Å²) in [6.45, 7) is -0.946. The van der Waals surface area contributed by atoms with Crippen molar-refractivity contribution in [1.29, 1.82) is 0 Å². The summed E-state index contributed by atoms with van der Waals surface area (Å²) in [5.74, 6) is -5.43. The Kier molecular flexibility index (Phi) is 25.7. The molecule has 7 aromatic carbocycles. The summed E-state index contributed by atoms with van der Waals surface area (Å²) in [6, 6.07) is 61.3. The minimum Gasteiger partial charge on any atom is -0.453 e. The van der Waals surface area contributed by atoms with Gasteiger partial charge in [0.1, 0.15) is 54.5 Å². The molecule has 4 heterocycles. The Labute approximate surface area is 569 Å². The maximum atomic E-state index is 14.6. The number of alkyl halides is 2. The van der Waals surface area contributed by atoms with E-state index in [1.54, 1.807) is 54.6 Å². The summed E-state index contributed by atoms with van der Waals surface area (Å²) in [4.78, 5) is 69.2. The third-order valence-corrected chi connectivity index (χ3v) is 16.5. The lowest BCUT2D eigenvalue weighted by molar-refractivity contribution is -0.234. The fourth-order valence-corrected chi connectivity index (χ4v) is 11.5. The molecule has 0 aromatic heterocycles. The highest BCUT2D eigenvalue weighted by molar-refractivity contribution is 6.26. The van der Waals surface area contributed by atoms with Crippen LogP contribution >= 0.6 is 23.2 Å². The Morgan fingerprint density at radius 1 is 0.320 bits per heavy atom. The number of aliphatic hydroxyl groups excluding tert-OH is 1. The molecule has 24 heteroatoms. The Bertz CT molecular complexity index is 3570. The minimum atomic E-state index is -1.88. The van der Waals surface area contributed by atoms with Crippen LogP contribution < -0.4 is 0 Å². The van der Waals surface area contributed by atoms with Crippen molar-refractivity contribution in [3.63, 3.8) is 0 Å². The van der Waals surface area contributed by atoms with Crippen LogP contribution in [-0.4, -0.2) is 172 Å². The maximum absolute atomic E-state index is 14.6. The van der Waals surface area contributed by atoms with Crippen molar-refractivity contribution in [2.45, 2.75) is 125 Å². The van der Waals surface area contributed by atoms with E-state index in [1.807, 2.05) is 121 Å². The predicted molar refractivity (Wildman–Crippen MR) is 344 cm³/mol. The van der Waals surface area contributed by atoms with Gasteiger partial charge in [0.25, 0.3) is 0 Å². The zero-order chi connectivity index (χ0) is 67.3. The van der Waals surface area contributed by atoms with E-state index in [0.29, 0.717) is 0 Å². The van der Waals surface area contributed by atoms with Crippen LogP contribution in [0.25, 0.3) is 0 Å². The van der Waals surface area contributed by atoms with E-state index in [4.69, 9.17) is 99.0 Å². The molecule has 0 amide bonds. The lowest BCUT2D eigenvalue weighted by Crippen LogP contribution is -2.48. The molecule has 4 aliphatic rings. The van der Waals surface area contributed by atoms with Crippen molar-refractivity contribution in [3.8, 4) is 0 Å². The zero-order valence-corrected chi connectivity index (χ0v) is 53.8. The Morgan fingerprint density at radius 2 is 0.629 bits per heavy atom. The molecular formula is C73H72Cl2O22. The van der Waals surface area contributed by atoms with Gasteiger partial charge in [-0.1, -0.05) is 176 Å². The van der Waals surface area contributed by atoms with Gasteiger partial charge in [-0.25, -0.2) is 14.4 Å². The number of rotatable bonds is 32. The monoisotopic (exact) mass is 1370 g/mol. The quantitative estimate of drug-likeness (QED) is 0.0235. The molecule has 510 valence electrons. The first-order valence-electron chi connectivity index (χ1n) is 31.5. The van der Waals surface area contributed by atoms with E-state index in [9.17, 15) is 29.1 Å². The van der Waals surface area contributed by atoms with E-state index >= 15 is 0 Å². The molecule has 0 radical (unpaired) electrons. The molecule has 22 nitrogen and oxygen atoms in total. The van der Waals surface area contributed by atoms with Crippen molar-refractivity contribution in [2.75, 3.05) is 38.2 Å². The molecular weight excluding hydrogens is 1300 g/mol. The highest BCUT2D eigenvalue weighted by Gasteiger charge is 2.58. The van der Waals surface area contributed by atoms with Crippen LogP contribution in [0.3, 0.4) is 0 Å². The number of halogens is 2. The number of aliphatic hydroxyl groups is 1. The van der Waals surface area contributed by atoms with E-state index in [1.165, 1.54) is 36.4 Å². The Hall–Kier alpha value is -8.01. The fraction of sp³-hybridized carbons (Fsp3) is 0.356. The van der Waals surface area contributed by atoms with Gasteiger partial charge < -0.3 is 80.9 Å². The second-order valence-corrected chi connectivity index (χ2v) is 23.4. The normalized spacial score (nSPS) is 26.6. The lowest BCUT2D eigenvalue weighted by Gasteiger charge is -2.30. The number of esters is 5. The van der Waals surface area contributed by atoms with Crippen LogP contribution in [0, 0.1) is 0 Å². The van der Waals surface area contributed by atoms with E-state index in [0.717, 1.165) is 22.3 Å². The first-order chi connectivity index (χ1) is 47.5. The van der Waals surface area contributed by atoms with Gasteiger partial charge in [-0.15, -0.1) is 23.2 Å². The SMILES string of the molecule is O=C(CCl)O[C@@H]1[C@@H](OC[C@H]2O[C@H](OC[C@H]3O[C@H](O)[C@@H](OC(=O)c4ccccc4)[C@@H]3OC(=O)c3ccccc3)[C@@H](OC(=O)c3ccccc3)[C@@H]2O[C@H]2O[C@H](COCc3ccccc3)[C@@H](OCc3ccccc3)[C@@H]2OC(=O)CCl)O[C@H](COCc2ccccc2)[C@H]1OCc1ccccc1. The molecule has 0 spiro atoms. The number of hydrogen-bond donors (Lipinski definition) is 1. The molecule has 0 saturated carbocycles. The second kappa shape index (κ2) is 35.5. The fourth-order valence-electron chi connectivity index (χ4n) is 11.4. The average Bonchev–Trinajstić information content (AvgIpc) is 1.64. The first kappa shape index (κ1) is 70.3. The van der Waals surface area contributed by atoms with E-state index in [2.05, 4.69) is 0 Å². The Morgan fingerprint density at radius 3 is 1.02 bits per heavy atom. The molecule has 11 rings (SSSR count). The lowest BCUT2D eigenvalue weighted by atomic mass is 10.1. The van der Waals surface area contributed by atoms with Crippen LogP contribution in [0.15, 0.2) is 212 Å². The Balaban J connectivity index is 0.943. The predicted octanol–water partition coefficient (Wildman–Crippen LogP) is 8.88. The van der Waals surface area contributed by atoms with Gasteiger partial charge in [-0.3, -0.25) is 9.59 Å². The minimum absolute atomic E-state index is 0.0129. The smallest absolute Gasteiger partial charge is 0.338 e. The molecule has 7 aromatic rings. The van der Waals surface area contributed by atoms with Crippen molar-refractivity contribution in [3.05, 3.63) is 251 Å². The van der Waals surface area contributed by atoms with E-state index < -0.39 is 153 Å². The van der Waals surface area contributed by atoms with Gasteiger partial charge in [0.05, 0.1) is 69.5 Å². The highest BCUT2D eigenvalue weighted by Crippen LogP contribution is 2.38. The summed E-state index contributed by atoms with van der Waals surface area (Å²) in [5.41, 5.74) is 3.64. The van der Waals surface area contributed by atoms with Crippen LogP contribution in [-0.2, 0) is 112 Å². The number of ether oxygens (including phenoxy) is 16. The third kappa shape index (κ3) is 19.2. The maximum Gasteiger partial charge on any atom is 0.338 e. The van der Waals surface area contributed by atoms with Crippen LogP contribution in [0.4, 0.5) is 0 Å². The van der Waals surface area contributed by atoms with Gasteiger partial charge >= 0.3 is 29.8 Å². The average molecular weight is 1370 g/mol. The van der Waals surface area contributed by atoms with Gasteiger partial charge in [-0.05, 0) is 58.7 Å². The third-order valence-electron chi connectivity index (χ3n) is 16.1.